The SMILES string of the molecule is CCCCNCCN(CC)C(C)CC. The summed E-state index contributed by atoms with van der Waals surface area (Å²) in [7, 11) is 0. The Labute approximate surface area is 90.1 Å². The number of nitrogens with one attached hydrogen (secondary N) is 1. The minimum atomic E-state index is 0.730. The van der Waals surface area contributed by atoms with E-state index in [2.05, 4.69) is 37.9 Å². The van der Waals surface area contributed by atoms with Gasteiger partial charge in [-0.1, -0.05) is 27.2 Å². The number of hydrogen-bond acceptors (Lipinski definition) is 2. The van der Waals surface area contributed by atoms with Gasteiger partial charge in [0.05, 0.1) is 0 Å². The fourth-order valence-corrected chi connectivity index (χ4v) is 1.60. The van der Waals surface area contributed by atoms with Gasteiger partial charge in [0.2, 0.25) is 0 Å². The zero-order chi connectivity index (χ0) is 10.8. The molecule has 2 heteroatoms. The first kappa shape index (κ1) is 13.9. The molecule has 1 unspecified atom stereocenters. The molecular weight excluding hydrogens is 172 g/mol. The molecule has 0 fully saturated rings. The quantitative estimate of drug-likeness (QED) is 0.575. The van der Waals surface area contributed by atoms with Crippen molar-refractivity contribution in [2.24, 2.45) is 0 Å². The summed E-state index contributed by atoms with van der Waals surface area (Å²) in [6, 6.07) is 0.730. The van der Waals surface area contributed by atoms with Gasteiger partial charge in [-0.05, 0) is 32.9 Å². The van der Waals surface area contributed by atoms with Crippen LogP contribution in [0.1, 0.15) is 47.0 Å². The van der Waals surface area contributed by atoms with E-state index in [0.717, 1.165) is 12.6 Å². The number of nitrogens with zero attached hydrogens (tertiary/aromatic N) is 1. The molecule has 0 aromatic rings. The summed E-state index contributed by atoms with van der Waals surface area (Å²) in [6.45, 7) is 13.7. The zero-order valence-corrected chi connectivity index (χ0v) is 10.5. The van der Waals surface area contributed by atoms with Crippen molar-refractivity contribution in [2.75, 3.05) is 26.2 Å². The fourth-order valence-electron chi connectivity index (χ4n) is 1.60. The second-order valence-corrected chi connectivity index (χ2v) is 3.99. The summed E-state index contributed by atoms with van der Waals surface area (Å²) in [5.41, 5.74) is 0. The van der Waals surface area contributed by atoms with Crippen LogP contribution in [0.3, 0.4) is 0 Å². The van der Waals surface area contributed by atoms with Gasteiger partial charge in [0.25, 0.3) is 0 Å². The van der Waals surface area contributed by atoms with Gasteiger partial charge < -0.3 is 5.32 Å². The van der Waals surface area contributed by atoms with E-state index >= 15 is 0 Å². The van der Waals surface area contributed by atoms with Crippen LogP contribution in [-0.4, -0.2) is 37.1 Å². The summed E-state index contributed by atoms with van der Waals surface area (Å²) in [4.78, 5) is 2.54. The van der Waals surface area contributed by atoms with Crippen molar-refractivity contribution in [3.05, 3.63) is 0 Å². The molecule has 0 aromatic carbocycles. The largest absolute Gasteiger partial charge is 0.315 e. The molecule has 0 bridgehead atoms. The van der Waals surface area contributed by atoms with Crippen LogP contribution in [0, 0.1) is 0 Å². The molecule has 2 nitrogen and oxygen atoms in total. The van der Waals surface area contributed by atoms with Crippen molar-refractivity contribution in [1.29, 1.82) is 0 Å². The second kappa shape index (κ2) is 9.47. The van der Waals surface area contributed by atoms with Crippen LogP contribution in [0.2, 0.25) is 0 Å². The zero-order valence-electron chi connectivity index (χ0n) is 10.5. The summed E-state index contributed by atoms with van der Waals surface area (Å²) in [5.74, 6) is 0. The molecule has 0 saturated carbocycles. The van der Waals surface area contributed by atoms with Crippen molar-refractivity contribution in [3.63, 3.8) is 0 Å². The van der Waals surface area contributed by atoms with Gasteiger partial charge in [0.1, 0.15) is 0 Å². The lowest BCUT2D eigenvalue weighted by molar-refractivity contribution is 0.215. The molecule has 0 spiro atoms. The average Bonchev–Trinajstić information content (AvgIpc) is 2.22. The molecular formula is C12H28N2. The highest BCUT2D eigenvalue weighted by Gasteiger charge is 2.08. The lowest BCUT2D eigenvalue weighted by Gasteiger charge is -2.26. The molecule has 0 rings (SSSR count). The molecule has 0 radical (unpaired) electrons. The number of unbranched alkanes of at least 4 members (excludes halogenated alkanes) is 1. The first-order valence-corrected chi connectivity index (χ1v) is 6.20. The van der Waals surface area contributed by atoms with Crippen molar-refractivity contribution in [3.8, 4) is 0 Å². The first-order chi connectivity index (χ1) is 6.76. The predicted molar refractivity (Wildman–Crippen MR) is 64.8 cm³/mol. The van der Waals surface area contributed by atoms with E-state index in [1.54, 1.807) is 0 Å². The van der Waals surface area contributed by atoms with Crippen molar-refractivity contribution >= 4 is 0 Å². The number of hydrogen-bond donors (Lipinski definition) is 1. The molecule has 86 valence electrons. The van der Waals surface area contributed by atoms with Gasteiger partial charge in [0, 0.05) is 19.1 Å². The van der Waals surface area contributed by atoms with Gasteiger partial charge in [-0.25, -0.2) is 0 Å². The van der Waals surface area contributed by atoms with Crippen molar-refractivity contribution < 1.29 is 0 Å². The van der Waals surface area contributed by atoms with E-state index in [4.69, 9.17) is 0 Å². The molecule has 1 atom stereocenters. The molecule has 0 aliphatic carbocycles. The van der Waals surface area contributed by atoms with Gasteiger partial charge in [-0.15, -0.1) is 0 Å². The third kappa shape index (κ3) is 6.39. The van der Waals surface area contributed by atoms with Crippen LogP contribution in [0.5, 0.6) is 0 Å². The highest BCUT2D eigenvalue weighted by atomic mass is 15.2. The molecule has 14 heavy (non-hydrogen) atoms. The lowest BCUT2D eigenvalue weighted by atomic mass is 10.2. The Hall–Kier alpha value is -0.0800. The van der Waals surface area contributed by atoms with E-state index in [0.29, 0.717) is 0 Å². The van der Waals surface area contributed by atoms with Gasteiger partial charge in [-0.2, -0.15) is 0 Å². The van der Waals surface area contributed by atoms with Crippen molar-refractivity contribution in [1.82, 2.24) is 10.2 Å². The Morgan fingerprint density at radius 3 is 2.36 bits per heavy atom. The molecule has 0 aliphatic heterocycles. The van der Waals surface area contributed by atoms with Crippen LogP contribution in [0.15, 0.2) is 0 Å². The minimum Gasteiger partial charge on any atom is -0.315 e. The predicted octanol–water partition coefficient (Wildman–Crippen LogP) is 2.50. The highest BCUT2D eigenvalue weighted by molar-refractivity contribution is 4.65. The summed E-state index contributed by atoms with van der Waals surface area (Å²) >= 11 is 0. The normalized spacial score (nSPS) is 13.5. The molecule has 0 aliphatic rings. The van der Waals surface area contributed by atoms with Gasteiger partial charge >= 0.3 is 0 Å². The lowest BCUT2D eigenvalue weighted by Crippen LogP contribution is -2.38. The van der Waals surface area contributed by atoms with Crippen LogP contribution < -0.4 is 5.32 Å². The second-order valence-electron chi connectivity index (χ2n) is 3.99. The van der Waals surface area contributed by atoms with Crippen LogP contribution in [0.4, 0.5) is 0 Å². The Bertz CT molecular complexity index is 115. The van der Waals surface area contributed by atoms with Crippen LogP contribution >= 0.6 is 0 Å². The maximum Gasteiger partial charge on any atom is 0.0110 e. The third-order valence-electron chi connectivity index (χ3n) is 2.90. The topological polar surface area (TPSA) is 15.3 Å². The Balaban J connectivity index is 3.42. The summed E-state index contributed by atoms with van der Waals surface area (Å²) in [5, 5.41) is 3.49. The molecule has 0 saturated heterocycles. The maximum absolute atomic E-state index is 3.49. The van der Waals surface area contributed by atoms with E-state index in [-0.39, 0.29) is 0 Å². The molecule has 1 N–H and O–H groups in total. The Morgan fingerprint density at radius 2 is 1.86 bits per heavy atom. The first-order valence-electron chi connectivity index (χ1n) is 6.20. The third-order valence-corrected chi connectivity index (χ3v) is 2.90. The molecule has 0 aromatic heterocycles. The summed E-state index contributed by atoms with van der Waals surface area (Å²) in [6.07, 6.45) is 3.84. The monoisotopic (exact) mass is 200 g/mol. The maximum atomic E-state index is 3.49. The molecule has 0 amide bonds. The smallest absolute Gasteiger partial charge is 0.0110 e. The van der Waals surface area contributed by atoms with E-state index < -0.39 is 0 Å². The number of rotatable bonds is 9. The Morgan fingerprint density at radius 1 is 1.14 bits per heavy atom. The van der Waals surface area contributed by atoms with E-state index in [1.807, 2.05) is 0 Å². The standard InChI is InChI=1S/C12H28N2/c1-5-8-9-13-10-11-14(7-3)12(4)6-2/h12-13H,5-11H2,1-4H3. The summed E-state index contributed by atoms with van der Waals surface area (Å²) < 4.78 is 0. The highest BCUT2D eigenvalue weighted by Crippen LogP contribution is 2.01. The van der Waals surface area contributed by atoms with Gasteiger partial charge in [-0.3, -0.25) is 4.90 Å². The average molecular weight is 200 g/mol. The van der Waals surface area contributed by atoms with Crippen LogP contribution in [0.25, 0.3) is 0 Å². The van der Waals surface area contributed by atoms with Crippen molar-refractivity contribution in [2.45, 2.75) is 53.0 Å². The Kier molecular flexibility index (Phi) is 9.42. The fraction of sp³-hybridized carbons (Fsp3) is 1.00. The number of likely N-dealkylation sites (N-methyl/N-ethyl adjacent to an activating group) is 1. The van der Waals surface area contributed by atoms with E-state index in [9.17, 15) is 0 Å². The van der Waals surface area contributed by atoms with Crippen LogP contribution in [-0.2, 0) is 0 Å². The molecule has 0 heterocycles. The van der Waals surface area contributed by atoms with Gasteiger partial charge in [0.15, 0.2) is 0 Å². The minimum absolute atomic E-state index is 0.730. The van der Waals surface area contributed by atoms with E-state index in [1.165, 1.54) is 38.9 Å².